The molecule has 0 bridgehead atoms. The van der Waals surface area contributed by atoms with Gasteiger partial charge in [0, 0.05) is 18.5 Å². The number of aryl methyl sites for hydroxylation is 2. The number of nitrogens with one attached hydrogen (secondary N) is 1. The molecule has 4 nitrogen and oxygen atoms in total. The van der Waals surface area contributed by atoms with Gasteiger partial charge in [0.05, 0.1) is 6.67 Å². The Morgan fingerprint density at radius 2 is 1.82 bits per heavy atom. The van der Waals surface area contributed by atoms with Gasteiger partial charge in [0.1, 0.15) is 0 Å². The topological polar surface area (TPSA) is 49.4 Å². The molecule has 0 aliphatic carbocycles. The van der Waals surface area contributed by atoms with Gasteiger partial charge in [0.15, 0.2) is 0 Å². The van der Waals surface area contributed by atoms with E-state index in [4.69, 9.17) is 0 Å². The van der Waals surface area contributed by atoms with E-state index in [2.05, 4.69) is 5.32 Å². The quantitative estimate of drug-likeness (QED) is 0.809. The fourth-order valence-corrected chi connectivity index (χ4v) is 1.89. The maximum absolute atomic E-state index is 11.4. The summed E-state index contributed by atoms with van der Waals surface area (Å²) in [5.41, 5.74) is 3.23. The number of carbonyl (C=O) groups is 2. The highest BCUT2D eigenvalue weighted by Crippen LogP contribution is 2.17. The molecule has 2 rings (SSSR count). The molecule has 0 radical (unpaired) electrons. The number of likely N-dealkylation sites (tertiary alicyclic amines) is 1. The molecular formula is C13H16N2O2. The highest BCUT2D eigenvalue weighted by molar-refractivity contribution is 6.02. The molecular weight excluding hydrogens is 216 g/mol. The number of nitrogens with zero attached hydrogens (tertiary/aromatic N) is 1. The Balaban J connectivity index is 2.04. The van der Waals surface area contributed by atoms with Crippen LogP contribution in [-0.2, 0) is 9.59 Å². The molecule has 0 saturated carbocycles. The fourth-order valence-electron chi connectivity index (χ4n) is 1.89. The lowest BCUT2D eigenvalue weighted by molar-refractivity contribution is -0.137. The molecule has 4 heteroatoms. The van der Waals surface area contributed by atoms with E-state index in [1.165, 1.54) is 4.90 Å². The van der Waals surface area contributed by atoms with Crippen molar-refractivity contribution in [1.82, 2.24) is 4.90 Å². The highest BCUT2D eigenvalue weighted by atomic mass is 16.2. The van der Waals surface area contributed by atoms with Gasteiger partial charge in [-0.3, -0.25) is 14.5 Å². The summed E-state index contributed by atoms with van der Waals surface area (Å²) >= 11 is 0. The summed E-state index contributed by atoms with van der Waals surface area (Å²) in [4.78, 5) is 24.1. The summed E-state index contributed by atoms with van der Waals surface area (Å²) < 4.78 is 0. The van der Waals surface area contributed by atoms with Gasteiger partial charge >= 0.3 is 0 Å². The summed E-state index contributed by atoms with van der Waals surface area (Å²) in [7, 11) is 0. The van der Waals surface area contributed by atoms with E-state index in [1.54, 1.807) is 0 Å². The Morgan fingerprint density at radius 3 is 2.47 bits per heavy atom. The van der Waals surface area contributed by atoms with Gasteiger partial charge in [-0.1, -0.05) is 12.1 Å². The van der Waals surface area contributed by atoms with Crippen molar-refractivity contribution in [2.24, 2.45) is 0 Å². The molecule has 0 atom stereocenters. The Bertz CT molecular complexity index is 452. The maximum atomic E-state index is 11.4. The molecule has 2 amide bonds. The maximum Gasteiger partial charge on any atom is 0.231 e. The molecule has 1 aliphatic heterocycles. The standard InChI is InChI=1S/C13H16N2O2/c1-9-3-4-10(2)11(7-9)14-8-15-12(16)5-6-13(15)17/h3-4,7,14H,5-6,8H2,1-2H3. The first-order valence-corrected chi connectivity index (χ1v) is 5.72. The Morgan fingerprint density at radius 1 is 1.18 bits per heavy atom. The van der Waals surface area contributed by atoms with Crippen LogP contribution in [0, 0.1) is 13.8 Å². The van der Waals surface area contributed by atoms with Crippen molar-refractivity contribution in [3.63, 3.8) is 0 Å². The average molecular weight is 232 g/mol. The van der Waals surface area contributed by atoms with E-state index in [1.807, 2.05) is 32.0 Å². The molecule has 0 aromatic heterocycles. The van der Waals surface area contributed by atoms with E-state index in [0.29, 0.717) is 12.8 Å². The summed E-state index contributed by atoms with van der Waals surface area (Å²) in [6, 6.07) is 6.07. The van der Waals surface area contributed by atoms with Crippen LogP contribution in [0.2, 0.25) is 0 Å². The first-order chi connectivity index (χ1) is 8.08. The Labute approximate surface area is 101 Å². The van der Waals surface area contributed by atoms with Crippen LogP contribution >= 0.6 is 0 Å². The molecule has 1 fully saturated rings. The second-order valence-electron chi connectivity index (χ2n) is 4.37. The molecule has 1 aliphatic rings. The molecule has 1 N–H and O–H groups in total. The van der Waals surface area contributed by atoms with Crippen LogP contribution < -0.4 is 5.32 Å². The van der Waals surface area contributed by atoms with Crippen LogP contribution in [0.25, 0.3) is 0 Å². The molecule has 1 aromatic carbocycles. The lowest BCUT2D eigenvalue weighted by Crippen LogP contribution is -2.34. The minimum Gasteiger partial charge on any atom is -0.367 e. The van der Waals surface area contributed by atoms with Gasteiger partial charge in [-0.05, 0) is 31.0 Å². The Hall–Kier alpha value is -1.84. The van der Waals surface area contributed by atoms with Gasteiger partial charge in [-0.25, -0.2) is 0 Å². The third-order valence-electron chi connectivity index (χ3n) is 2.98. The van der Waals surface area contributed by atoms with E-state index in [-0.39, 0.29) is 18.5 Å². The third kappa shape index (κ3) is 2.46. The largest absolute Gasteiger partial charge is 0.367 e. The van der Waals surface area contributed by atoms with Crippen molar-refractivity contribution in [1.29, 1.82) is 0 Å². The fraction of sp³-hybridized carbons (Fsp3) is 0.385. The number of imide groups is 1. The SMILES string of the molecule is Cc1ccc(C)c(NCN2C(=O)CCC2=O)c1. The zero-order valence-corrected chi connectivity index (χ0v) is 10.1. The minimum absolute atomic E-state index is 0.0900. The van der Waals surface area contributed by atoms with Crippen molar-refractivity contribution in [3.8, 4) is 0 Å². The van der Waals surface area contributed by atoms with Crippen molar-refractivity contribution >= 4 is 17.5 Å². The molecule has 0 unspecified atom stereocenters. The molecule has 17 heavy (non-hydrogen) atoms. The van der Waals surface area contributed by atoms with Gasteiger partial charge in [0.2, 0.25) is 11.8 Å². The molecule has 1 aromatic rings. The lowest BCUT2D eigenvalue weighted by Gasteiger charge is -2.17. The summed E-state index contributed by atoms with van der Waals surface area (Å²) in [5.74, 6) is -0.180. The molecule has 90 valence electrons. The van der Waals surface area contributed by atoms with E-state index in [0.717, 1.165) is 16.8 Å². The first-order valence-electron chi connectivity index (χ1n) is 5.72. The number of rotatable bonds is 3. The number of carbonyl (C=O) groups excluding carboxylic acids is 2. The van der Waals surface area contributed by atoms with Crippen molar-refractivity contribution in [3.05, 3.63) is 29.3 Å². The van der Waals surface area contributed by atoms with Crippen LogP contribution in [0.1, 0.15) is 24.0 Å². The van der Waals surface area contributed by atoms with Crippen LogP contribution in [-0.4, -0.2) is 23.4 Å². The van der Waals surface area contributed by atoms with Crippen molar-refractivity contribution < 1.29 is 9.59 Å². The number of amides is 2. The normalized spacial score (nSPS) is 15.5. The van der Waals surface area contributed by atoms with E-state index < -0.39 is 0 Å². The zero-order chi connectivity index (χ0) is 12.4. The third-order valence-corrected chi connectivity index (χ3v) is 2.98. The summed E-state index contributed by atoms with van der Waals surface area (Å²) in [6.45, 7) is 4.27. The van der Waals surface area contributed by atoms with E-state index >= 15 is 0 Å². The van der Waals surface area contributed by atoms with Gasteiger partial charge in [0.25, 0.3) is 0 Å². The van der Waals surface area contributed by atoms with Gasteiger partial charge < -0.3 is 5.32 Å². The number of benzene rings is 1. The van der Waals surface area contributed by atoms with E-state index in [9.17, 15) is 9.59 Å². The predicted molar refractivity (Wildman–Crippen MR) is 65.5 cm³/mol. The second kappa shape index (κ2) is 4.57. The smallest absolute Gasteiger partial charge is 0.231 e. The monoisotopic (exact) mass is 232 g/mol. The zero-order valence-electron chi connectivity index (χ0n) is 10.1. The molecule has 0 spiro atoms. The average Bonchev–Trinajstić information content (AvgIpc) is 2.61. The predicted octanol–water partition coefficient (Wildman–Crippen LogP) is 1.82. The van der Waals surface area contributed by atoms with Crippen molar-refractivity contribution in [2.45, 2.75) is 26.7 Å². The van der Waals surface area contributed by atoms with Crippen LogP contribution in [0.4, 0.5) is 5.69 Å². The van der Waals surface area contributed by atoms with Crippen LogP contribution in [0.3, 0.4) is 0 Å². The van der Waals surface area contributed by atoms with Crippen LogP contribution in [0.5, 0.6) is 0 Å². The highest BCUT2D eigenvalue weighted by Gasteiger charge is 2.28. The Kier molecular flexibility index (Phi) is 3.13. The first kappa shape index (κ1) is 11.6. The van der Waals surface area contributed by atoms with Crippen LogP contribution in [0.15, 0.2) is 18.2 Å². The summed E-state index contributed by atoms with van der Waals surface area (Å²) in [6.07, 6.45) is 0.681. The van der Waals surface area contributed by atoms with Gasteiger partial charge in [-0.2, -0.15) is 0 Å². The lowest BCUT2D eigenvalue weighted by atomic mass is 10.1. The number of anilines is 1. The number of hydrogen-bond donors (Lipinski definition) is 1. The molecule has 1 heterocycles. The minimum atomic E-state index is -0.0900. The second-order valence-corrected chi connectivity index (χ2v) is 4.37. The van der Waals surface area contributed by atoms with Crippen molar-refractivity contribution in [2.75, 3.05) is 12.0 Å². The molecule has 1 saturated heterocycles. The number of hydrogen-bond acceptors (Lipinski definition) is 3. The summed E-state index contributed by atoms with van der Waals surface area (Å²) in [5, 5.41) is 3.14. The van der Waals surface area contributed by atoms with Gasteiger partial charge in [-0.15, -0.1) is 0 Å².